The first kappa shape index (κ1) is 13.0. The van der Waals surface area contributed by atoms with Crippen molar-refractivity contribution < 1.29 is 4.79 Å². The van der Waals surface area contributed by atoms with Crippen LogP contribution >= 0.6 is 11.8 Å². The molecule has 1 heterocycles. The number of nitrogens with one attached hydrogen (secondary N) is 1. The molecular formula is C12H18N2OS. The zero-order valence-electron chi connectivity index (χ0n) is 10.2. The topological polar surface area (TPSA) is 42.0 Å². The molecule has 1 N–H and O–H groups in total. The lowest BCUT2D eigenvalue weighted by atomic mass is 9.96. The van der Waals surface area contributed by atoms with Crippen LogP contribution in [0.3, 0.4) is 0 Å². The Morgan fingerprint density at radius 2 is 2.19 bits per heavy atom. The first-order chi connectivity index (χ1) is 7.45. The highest BCUT2D eigenvalue weighted by Crippen LogP contribution is 2.17. The molecule has 0 unspecified atom stereocenters. The van der Waals surface area contributed by atoms with Gasteiger partial charge in [-0.3, -0.25) is 4.79 Å². The number of pyridine rings is 1. The smallest absolute Gasteiger partial charge is 0.225 e. The van der Waals surface area contributed by atoms with E-state index in [1.165, 1.54) is 0 Å². The van der Waals surface area contributed by atoms with Crippen LogP contribution in [0.25, 0.3) is 0 Å². The number of nitrogens with zero attached hydrogens (tertiary/aromatic N) is 1. The third-order valence-corrected chi connectivity index (χ3v) is 2.92. The summed E-state index contributed by atoms with van der Waals surface area (Å²) in [7, 11) is 0. The van der Waals surface area contributed by atoms with Gasteiger partial charge in [0.1, 0.15) is 5.03 Å². The normalized spacial score (nSPS) is 11.2. The van der Waals surface area contributed by atoms with Gasteiger partial charge in [0.05, 0.1) is 0 Å². The molecule has 88 valence electrons. The summed E-state index contributed by atoms with van der Waals surface area (Å²) in [5.74, 6) is 0.0587. The molecule has 0 fully saturated rings. The van der Waals surface area contributed by atoms with Crippen LogP contribution in [-0.2, 0) is 11.3 Å². The molecule has 1 amide bonds. The Balaban J connectivity index is 2.65. The van der Waals surface area contributed by atoms with Gasteiger partial charge in [0.15, 0.2) is 0 Å². The van der Waals surface area contributed by atoms with E-state index in [0.29, 0.717) is 6.54 Å². The van der Waals surface area contributed by atoms with Crippen molar-refractivity contribution in [3.05, 3.63) is 23.9 Å². The second-order valence-electron chi connectivity index (χ2n) is 4.60. The lowest BCUT2D eigenvalue weighted by molar-refractivity contribution is -0.128. The van der Waals surface area contributed by atoms with E-state index >= 15 is 0 Å². The van der Waals surface area contributed by atoms with Crippen LogP contribution in [0.1, 0.15) is 26.3 Å². The number of thioether (sulfide) groups is 1. The van der Waals surface area contributed by atoms with E-state index in [1.807, 2.05) is 39.2 Å². The SMILES string of the molecule is CSc1ncccc1CNC(=O)C(C)(C)C. The first-order valence-corrected chi connectivity index (χ1v) is 6.44. The van der Waals surface area contributed by atoms with E-state index in [0.717, 1.165) is 10.6 Å². The van der Waals surface area contributed by atoms with Crippen LogP contribution in [0, 0.1) is 5.41 Å². The van der Waals surface area contributed by atoms with Gasteiger partial charge >= 0.3 is 0 Å². The molecule has 3 nitrogen and oxygen atoms in total. The van der Waals surface area contributed by atoms with Gasteiger partial charge in [0.2, 0.25) is 5.91 Å². The molecular weight excluding hydrogens is 220 g/mol. The molecule has 0 bridgehead atoms. The Bertz CT molecular complexity index is 372. The van der Waals surface area contributed by atoms with Crippen LogP contribution in [0.5, 0.6) is 0 Å². The summed E-state index contributed by atoms with van der Waals surface area (Å²) in [4.78, 5) is 15.9. The van der Waals surface area contributed by atoms with Crippen LogP contribution in [-0.4, -0.2) is 17.1 Å². The molecule has 0 saturated carbocycles. The molecule has 1 aromatic heterocycles. The van der Waals surface area contributed by atoms with Crippen molar-refractivity contribution in [2.45, 2.75) is 32.3 Å². The molecule has 0 aliphatic rings. The zero-order chi connectivity index (χ0) is 12.2. The maximum atomic E-state index is 11.7. The van der Waals surface area contributed by atoms with Crippen molar-refractivity contribution in [3.8, 4) is 0 Å². The number of hydrogen-bond acceptors (Lipinski definition) is 3. The quantitative estimate of drug-likeness (QED) is 0.823. The van der Waals surface area contributed by atoms with E-state index < -0.39 is 0 Å². The summed E-state index contributed by atoms with van der Waals surface area (Å²) in [6, 6.07) is 3.88. The molecule has 1 rings (SSSR count). The predicted octanol–water partition coefficient (Wildman–Crippen LogP) is 2.47. The van der Waals surface area contributed by atoms with E-state index in [1.54, 1.807) is 18.0 Å². The monoisotopic (exact) mass is 238 g/mol. The molecule has 16 heavy (non-hydrogen) atoms. The van der Waals surface area contributed by atoms with E-state index in [-0.39, 0.29) is 11.3 Å². The molecule has 0 aromatic carbocycles. The molecule has 0 atom stereocenters. The van der Waals surface area contributed by atoms with Crippen LogP contribution in [0.2, 0.25) is 0 Å². The Kier molecular flexibility index (Phi) is 4.35. The lowest BCUT2D eigenvalue weighted by Gasteiger charge is -2.18. The molecule has 1 aromatic rings. The van der Waals surface area contributed by atoms with E-state index in [2.05, 4.69) is 10.3 Å². The Labute approximate surface area is 101 Å². The van der Waals surface area contributed by atoms with Gasteiger partial charge in [-0.05, 0) is 12.3 Å². The highest BCUT2D eigenvalue weighted by Gasteiger charge is 2.20. The summed E-state index contributed by atoms with van der Waals surface area (Å²) in [5, 5.41) is 3.89. The van der Waals surface area contributed by atoms with E-state index in [9.17, 15) is 4.79 Å². The molecule has 0 saturated heterocycles. The van der Waals surface area contributed by atoms with Crippen LogP contribution in [0.15, 0.2) is 23.4 Å². The molecule has 4 heteroatoms. The van der Waals surface area contributed by atoms with Crippen molar-refractivity contribution >= 4 is 17.7 Å². The Morgan fingerprint density at radius 1 is 1.50 bits per heavy atom. The van der Waals surface area contributed by atoms with Crippen molar-refractivity contribution in [2.24, 2.45) is 5.41 Å². The Morgan fingerprint density at radius 3 is 2.75 bits per heavy atom. The average molecular weight is 238 g/mol. The minimum absolute atomic E-state index is 0.0587. The number of carbonyl (C=O) groups is 1. The van der Waals surface area contributed by atoms with Crippen molar-refractivity contribution in [1.29, 1.82) is 0 Å². The highest BCUT2D eigenvalue weighted by atomic mass is 32.2. The second-order valence-corrected chi connectivity index (χ2v) is 5.40. The van der Waals surface area contributed by atoms with Gasteiger partial charge in [0, 0.05) is 23.7 Å². The number of hydrogen-bond donors (Lipinski definition) is 1. The second kappa shape index (κ2) is 5.34. The van der Waals surface area contributed by atoms with Gasteiger partial charge in [0.25, 0.3) is 0 Å². The third-order valence-electron chi connectivity index (χ3n) is 2.16. The van der Waals surface area contributed by atoms with Gasteiger partial charge in [-0.1, -0.05) is 26.8 Å². The predicted molar refractivity (Wildman–Crippen MR) is 67.3 cm³/mol. The van der Waals surface area contributed by atoms with Crippen molar-refractivity contribution in [3.63, 3.8) is 0 Å². The summed E-state index contributed by atoms with van der Waals surface area (Å²) in [6.07, 6.45) is 3.75. The number of amides is 1. The summed E-state index contributed by atoms with van der Waals surface area (Å²) < 4.78 is 0. The molecule has 0 aliphatic carbocycles. The fourth-order valence-corrected chi connectivity index (χ4v) is 1.75. The van der Waals surface area contributed by atoms with Gasteiger partial charge in [-0.25, -0.2) is 4.98 Å². The van der Waals surface area contributed by atoms with Gasteiger partial charge in [-0.2, -0.15) is 0 Å². The zero-order valence-corrected chi connectivity index (χ0v) is 11.0. The average Bonchev–Trinajstić information content (AvgIpc) is 2.24. The van der Waals surface area contributed by atoms with Crippen molar-refractivity contribution in [1.82, 2.24) is 10.3 Å². The number of carbonyl (C=O) groups excluding carboxylic acids is 1. The van der Waals surface area contributed by atoms with Gasteiger partial charge < -0.3 is 5.32 Å². The van der Waals surface area contributed by atoms with Crippen LogP contribution in [0.4, 0.5) is 0 Å². The molecule has 0 spiro atoms. The summed E-state index contributed by atoms with van der Waals surface area (Å²) >= 11 is 1.59. The molecule has 0 aliphatic heterocycles. The number of aromatic nitrogens is 1. The maximum absolute atomic E-state index is 11.7. The van der Waals surface area contributed by atoms with E-state index in [4.69, 9.17) is 0 Å². The standard InChI is InChI=1S/C12H18N2OS/c1-12(2,3)11(15)14-8-9-6-5-7-13-10(9)16-4/h5-7H,8H2,1-4H3,(H,14,15). The van der Waals surface area contributed by atoms with Crippen molar-refractivity contribution in [2.75, 3.05) is 6.26 Å². The summed E-state index contributed by atoms with van der Waals surface area (Å²) in [6.45, 7) is 6.25. The third kappa shape index (κ3) is 3.52. The maximum Gasteiger partial charge on any atom is 0.225 e. The Hall–Kier alpha value is -1.03. The fourth-order valence-electron chi connectivity index (χ4n) is 1.18. The number of rotatable bonds is 3. The lowest BCUT2D eigenvalue weighted by Crippen LogP contribution is -2.34. The van der Waals surface area contributed by atoms with Crippen LogP contribution < -0.4 is 5.32 Å². The minimum Gasteiger partial charge on any atom is -0.351 e. The molecule has 0 radical (unpaired) electrons. The fraction of sp³-hybridized carbons (Fsp3) is 0.500. The van der Waals surface area contributed by atoms with Gasteiger partial charge in [-0.15, -0.1) is 11.8 Å². The minimum atomic E-state index is -0.346. The first-order valence-electron chi connectivity index (χ1n) is 5.21. The highest BCUT2D eigenvalue weighted by molar-refractivity contribution is 7.98. The summed E-state index contributed by atoms with van der Waals surface area (Å²) in [5.41, 5.74) is 0.717. The largest absolute Gasteiger partial charge is 0.351 e.